The highest BCUT2D eigenvalue weighted by Crippen LogP contribution is 2.21. The number of nitrogens with one attached hydrogen (secondary N) is 1. The van der Waals surface area contributed by atoms with Gasteiger partial charge in [-0.15, -0.1) is 0 Å². The van der Waals surface area contributed by atoms with Crippen LogP contribution < -0.4 is 10.1 Å². The number of aromatic nitrogens is 1. The minimum atomic E-state index is 0.216. The zero-order valence-corrected chi connectivity index (χ0v) is 13.9. The molecule has 1 N–H and O–H groups in total. The van der Waals surface area contributed by atoms with Gasteiger partial charge in [0, 0.05) is 18.3 Å². The van der Waals surface area contributed by atoms with Crippen molar-refractivity contribution in [1.82, 2.24) is 10.3 Å². The molecule has 0 fully saturated rings. The van der Waals surface area contributed by atoms with Crippen LogP contribution in [-0.4, -0.2) is 11.6 Å². The van der Waals surface area contributed by atoms with E-state index in [1.807, 2.05) is 36.5 Å². The van der Waals surface area contributed by atoms with Crippen LogP contribution in [0.5, 0.6) is 5.75 Å². The van der Waals surface area contributed by atoms with Crippen LogP contribution in [0.25, 0.3) is 0 Å². The lowest BCUT2D eigenvalue weighted by Gasteiger charge is -2.20. The van der Waals surface area contributed by atoms with Gasteiger partial charge in [0.1, 0.15) is 5.75 Å². The maximum atomic E-state index is 5.72. The smallest absolute Gasteiger partial charge is 0.119 e. The second-order valence-electron chi connectivity index (χ2n) is 6.14. The first-order chi connectivity index (χ1) is 10.6. The van der Waals surface area contributed by atoms with Crippen molar-refractivity contribution in [1.29, 1.82) is 0 Å². The SMILES string of the molecule is CC(C)COc1ccc(C(C)NC(C)c2ccccn2)cc1. The third-order valence-electron chi connectivity index (χ3n) is 3.59. The highest BCUT2D eigenvalue weighted by molar-refractivity contribution is 5.29. The summed E-state index contributed by atoms with van der Waals surface area (Å²) < 4.78 is 5.72. The summed E-state index contributed by atoms with van der Waals surface area (Å²) in [5.74, 6) is 1.47. The molecular weight excluding hydrogens is 272 g/mol. The monoisotopic (exact) mass is 298 g/mol. The van der Waals surface area contributed by atoms with Gasteiger partial charge in [0.2, 0.25) is 0 Å². The van der Waals surface area contributed by atoms with Gasteiger partial charge in [0.25, 0.3) is 0 Å². The fourth-order valence-corrected chi connectivity index (χ4v) is 2.30. The first-order valence-corrected chi connectivity index (χ1v) is 7.96. The summed E-state index contributed by atoms with van der Waals surface area (Å²) in [6.45, 7) is 9.37. The van der Waals surface area contributed by atoms with Gasteiger partial charge in [-0.05, 0) is 49.6 Å². The summed E-state index contributed by atoms with van der Waals surface area (Å²) in [5.41, 5.74) is 2.31. The minimum Gasteiger partial charge on any atom is -0.493 e. The molecule has 0 aliphatic carbocycles. The molecule has 1 aromatic carbocycles. The first-order valence-electron chi connectivity index (χ1n) is 7.96. The number of hydrogen-bond donors (Lipinski definition) is 1. The van der Waals surface area contributed by atoms with Gasteiger partial charge >= 0.3 is 0 Å². The number of nitrogens with zero attached hydrogens (tertiary/aromatic N) is 1. The Kier molecular flexibility index (Phi) is 5.96. The lowest BCUT2D eigenvalue weighted by molar-refractivity contribution is 0.271. The van der Waals surface area contributed by atoms with E-state index in [0.717, 1.165) is 18.1 Å². The summed E-state index contributed by atoms with van der Waals surface area (Å²) >= 11 is 0. The van der Waals surface area contributed by atoms with E-state index in [0.29, 0.717) is 5.92 Å². The van der Waals surface area contributed by atoms with E-state index in [4.69, 9.17) is 4.74 Å². The molecule has 0 bridgehead atoms. The Hall–Kier alpha value is -1.87. The van der Waals surface area contributed by atoms with Crippen LogP contribution >= 0.6 is 0 Å². The quantitative estimate of drug-likeness (QED) is 0.815. The van der Waals surface area contributed by atoms with Gasteiger partial charge in [0.05, 0.1) is 12.3 Å². The second-order valence-corrected chi connectivity index (χ2v) is 6.14. The zero-order chi connectivity index (χ0) is 15.9. The Morgan fingerprint density at radius 3 is 2.27 bits per heavy atom. The molecule has 3 heteroatoms. The van der Waals surface area contributed by atoms with Crippen molar-refractivity contribution >= 4 is 0 Å². The minimum absolute atomic E-state index is 0.216. The highest BCUT2D eigenvalue weighted by atomic mass is 16.5. The Bertz CT molecular complexity index is 551. The number of rotatable bonds is 7. The van der Waals surface area contributed by atoms with Crippen LogP contribution in [0.4, 0.5) is 0 Å². The number of benzene rings is 1. The van der Waals surface area contributed by atoms with Crippen LogP contribution in [0.15, 0.2) is 48.7 Å². The molecule has 1 heterocycles. The maximum absolute atomic E-state index is 5.72. The average molecular weight is 298 g/mol. The van der Waals surface area contributed by atoms with Crippen LogP contribution in [0, 0.1) is 5.92 Å². The molecular formula is C19H26N2O. The standard InChI is InChI=1S/C19H26N2O/c1-14(2)13-22-18-10-8-17(9-11-18)15(3)21-16(4)19-7-5-6-12-20-19/h5-12,14-16,21H,13H2,1-4H3. The number of pyridine rings is 1. The molecule has 22 heavy (non-hydrogen) atoms. The van der Waals surface area contributed by atoms with E-state index in [1.165, 1.54) is 5.56 Å². The van der Waals surface area contributed by atoms with Crippen molar-refractivity contribution in [3.8, 4) is 5.75 Å². The molecule has 0 spiro atoms. The largest absolute Gasteiger partial charge is 0.493 e. The van der Waals surface area contributed by atoms with Crippen molar-refractivity contribution in [3.05, 3.63) is 59.9 Å². The van der Waals surface area contributed by atoms with E-state index in [-0.39, 0.29) is 12.1 Å². The lowest BCUT2D eigenvalue weighted by atomic mass is 10.1. The Balaban J connectivity index is 1.93. The molecule has 2 unspecified atom stereocenters. The van der Waals surface area contributed by atoms with Crippen molar-refractivity contribution < 1.29 is 4.74 Å². The van der Waals surface area contributed by atoms with Gasteiger partial charge in [-0.3, -0.25) is 4.98 Å². The van der Waals surface area contributed by atoms with Crippen LogP contribution in [0.1, 0.15) is 51.0 Å². The van der Waals surface area contributed by atoms with Crippen molar-refractivity contribution in [2.45, 2.75) is 39.8 Å². The molecule has 3 nitrogen and oxygen atoms in total. The molecule has 2 aromatic rings. The summed E-state index contributed by atoms with van der Waals surface area (Å²) in [4.78, 5) is 4.40. The summed E-state index contributed by atoms with van der Waals surface area (Å²) in [6.07, 6.45) is 1.83. The maximum Gasteiger partial charge on any atom is 0.119 e. The van der Waals surface area contributed by atoms with E-state index < -0.39 is 0 Å². The summed E-state index contributed by atoms with van der Waals surface area (Å²) in [5, 5.41) is 3.58. The fourth-order valence-electron chi connectivity index (χ4n) is 2.30. The molecule has 2 atom stereocenters. The molecule has 0 aliphatic heterocycles. The van der Waals surface area contributed by atoms with Crippen LogP contribution in [0.3, 0.4) is 0 Å². The number of ether oxygens (including phenoxy) is 1. The predicted molar refractivity (Wildman–Crippen MR) is 91.0 cm³/mol. The third kappa shape index (κ3) is 4.85. The highest BCUT2D eigenvalue weighted by Gasteiger charge is 2.12. The van der Waals surface area contributed by atoms with Gasteiger partial charge in [-0.2, -0.15) is 0 Å². The van der Waals surface area contributed by atoms with E-state index in [1.54, 1.807) is 0 Å². The predicted octanol–water partition coefficient (Wildman–Crippen LogP) is 4.53. The molecule has 118 valence electrons. The normalized spacial score (nSPS) is 13.9. The van der Waals surface area contributed by atoms with E-state index in [2.05, 4.69) is 50.1 Å². The van der Waals surface area contributed by atoms with Crippen molar-refractivity contribution in [3.63, 3.8) is 0 Å². The van der Waals surface area contributed by atoms with Gasteiger partial charge < -0.3 is 10.1 Å². The second kappa shape index (κ2) is 7.95. The van der Waals surface area contributed by atoms with Gasteiger partial charge in [-0.1, -0.05) is 32.0 Å². The molecule has 1 aromatic heterocycles. The molecule has 0 saturated carbocycles. The Morgan fingerprint density at radius 1 is 0.955 bits per heavy atom. The Labute approximate surface area is 133 Å². The van der Waals surface area contributed by atoms with Gasteiger partial charge in [-0.25, -0.2) is 0 Å². The zero-order valence-electron chi connectivity index (χ0n) is 13.9. The molecule has 0 amide bonds. The fraction of sp³-hybridized carbons (Fsp3) is 0.421. The summed E-state index contributed by atoms with van der Waals surface area (Å²) in [7, 11) is 0. The first kappa shape index (κ1) is 16.5. The molecule has 2 rings (SSSR count). The van der Waals surface area contributed by atoms with Crippen molar-refractivity contribution in [2.75, 3.05) is 6.61 Å². The summed E-state index contributed by atoms with van der Waals surface area (Å²) in [6, 6.07) is 14.8. The Morgan fingerprint density at radius 2 is 1.68 bits per heavy atom. The third-order valence-corrected chi connectivity index (χ3v) is 3.59. The molecule has 0 radical (unpaired) electrons. The van der Waals surface area contributed by atoms with Crippen LogP contribution in [-0.2, 0) is 0 Å². The average Bonchev–Trinajstić information content (AvgIpc) is 2.54. The topological polar surface area (TPSA) is 34.1 Å². The lowest BCUT2D eigenvalue weighted by Crippen LogP contribution is -2.23. The van der Waals surface area contributed by atoms with E-state index in [9.17, 15) is 0 Å². The van der Waals surface area contributed by atoms with Gasteiger partial charge in [0.15, 0.2) is 0 Å². The van der Waals surface area contributed by atoms with Crippen molar-refractivity contribution in [2.24, 2.45) is 5.92 Å². The number of hydrogen-bond acceptors (Lipinski definition) is 3. The van der Waals surface area contributed by atoms with Crippen LogP contribution in [0.2, 0.25) is 0 Å². The molecule has 0 aliphatic rings. The molecule has 0 saturated heterocycles. The van der Waals surface area contributed by atoms with E-state index >= 15 is 0 Å².